The molecule has 17 heavy (non-hydrogen) atoms. The van der Waals surface area contributed by atoms with Crippen LogP contribution in [0.15, 0.2) is 6.07 Å². The van der Waals surface area contributed by atoms with Crippen LogP contribution in [0.25, 0.3) is 10.9 Å². The van der Waals surface area contributed by atoms with Gasteiger partial charge in [-0.1, -0.05) is 6.42 Å². The minimum atomic E-state index is -1.37. The zero-order chi connectivity index (χ0) is 12.0. The van der Waals surface area contributed by atoms with Crippen LogP contribution < -0.4 is 0 Å². The summed E-state index contributed by atoms with van der Waals surface area (Å²) in [6, 6.07) is 1.04. The summed E-state index contributed by atoms with van der Waals surface area (Å²) < 4.78 is 40.1. The van der Waals surface area contributed by atoms with E-state index in [1.807, 2.05) is 0 Å². The smallest absolute Gasteiger partial charge is 0.195 e. The molecule has 3 rings (SSSR count). The third-order valence-corrected chi connectivity index (χ3v) is 3.47. The standard InChI is InChI=1S/C13H12F3N/c14-8-6-10-11(13(16)12(8)15)7-4-2-1-3-5-9(7)17-10/h6,17H,1-5H2. The average molecular weight is 239 g/mol. The van der Waals surface area contributed by atoms with Gasteiger partial charge in [0.05, 0.1) is 5.52 Å². The van der Waals surface area contributed by atoms with Crippen molar-refractivity contribution in [3.63, 3.8) is 0 Å². The van der Waals surface area contributed by atoms with Crippen molar-refractivity contribution in [1.82, 2.24) is 4.98 Å². The maximum Gasteiger partial charge on any atom is 0.195 e. The number of hydrogen-bond donors (Lipinski definition) is 1. The highest BCUT2D eigenvalue weighted by Crippen LogP contribution is 2.32. The molecule has 0 amide bonds. The Balaban J connectivity index is 2.33. The van der Waals surface area contributed by atoms with Crippen molar-refractivity contribution in [2.45, 2.75) is 32.1 Å². The summed E-state index contributed by atoms with van der Waals surface area (Å²) in [5, 5.41) is 0.237. The number of H-pyrrole nitrogens is 1. The van der Waals surface area contributed by atoms with Gasteiger partial charge in [-0.3, -0.25) is 0 Å². The fourth-order valence-corrected chi connectivity index (χ4v) is 2.65. The van der Waals surface area contributed by atoms with Crippen molar-refractivity contribution >= 4 is 10.9 Å². The summed E-state index contributed by atoms with van der Waals surface area (Å²) in [5.41, 5.74) is 2.13. The Bertz CT molecular complexity index is 586. The highest BCUT2D eigenvalue weighted by atomic mass is 19.2. The van der Waals surface area contributed by atoms with Gasteiger partial charge in [-0.25, -0.2) is 13.2 Å². The average Bonchev–Trinajstić information content (AvgIpc) is 2.49. The Kier molecular flexibility index (Phi) is 2.38. The Morgan fingerprint density at radius 3 is 2.53 bits per heavy atom. The normalized spacial score (nSPS) is 15.9. The van der Waals surface area contributed by atoms with Gasteiger partial charge in [0.2, 0.25) is 0 Å². The Labute approximate surface area is 96.6 Å². The van der Waals surface area contributed by atoms with Gasteiger partial charge in [-0.15, -0.1) is 0 Å². The number of halogens is 3. The topological polar surface area (TPSA) is 15.8 Å². The first-order valence-electron chi connectivity index (χ1n) is 5.85. The molecule has 1 N–H and O–H groups in total. The van der Waals surface area contributed by atoms with E-state index < -0.39 is 17.5 Å². The van der Waals surface area contributed by atoms with Crippen molar-refractivity contribution < 1.29 is 13.2 Å². The van der Waals surface area contributed by atoms with Gasteiger partial charge in [0.1, 0.15) is 0 Å². The van der Waals surface area contributed by atoms with E-state index in [-0.39, 0.29) is 5.39 Å². The Hall–Kier alpha value is -1.45. The number of benzene rings is 1. The lowest BCUT2D eigenvalue weighted by Gasteiger charge is -2.01. The molecule has 1 aromatic heterocycles. The number of aryl methyl sites for hydroxylation is 2. The Morgan fingerprint density at radius 1 is 0.941 bits per heavy atom. The maximum atomic E-state index is 13.8. The minimum Gasteiger partial charge on any atom is -0.358 e. The number of hydrogen-bond acceptors (Lipinski definition) is 0. The summed E-state index contributed by atoms with van der Waals surface area (Å²) in [5.74, 6) is -3.56. The first-order valence-corrected chi connectivity index (χ1v) is 5.85. The molecule has 1 aliphatic rings. The van der Waals surface area contributed by atoms with Crippen LogP contribution in [0.3, 0.4) is 0 Å². The second kappa shape index (κ2) is 3.79. The van der Waals surface area contributed by atoms with Crippen molar-refractivity contribution in [2.75, 3.05) is 0 Å². The largest absolute Gasteiger partial charge is 0.358 e. The summed E-state index contributed by atoms with van der Waals surface area (Å²) in [6.45, 7) is 0. The van der Waals surface area contributed by atoms with Crippen LogP contribution in [0.2, 0.25) is 0 Å². The molecule has 0 saturated heterocycles. The molecule has 2 aromatic rings. The first kappa shape index (κ1) is 10.7. The summed E-state index contributed by atoms with van der Waals surface area (Å²) >= 11 is 0. The molecule has 0 atom stereocenters. The van der Waals surface area contributed by atoms with E-state index in [0.717, 1.165) is 49.4 Å². The van der Waals surface area contributed by atoms with Crippen molar-refractivity contribution in [2.24, 2.45) is 0 Å². The monoisotopic (exact) mass is 239 g/mol. The molecule has 1 aromatic carbocycles. The number of fused-ring (bicyclic) bond motifs is 3. The molecular formula is C13H12F3N. The van der Waals surface area contributed by atoms with E-state index in [1.54, 1.807) is 0 Å². The van der Waals surface area contributed by atoms with Crippen LogP contribution >= 0.6 is 0 Å². The summed E-state index contributed by atoms with van der Waals surface area (Å²) in [4.78, 5) is 3.02. The summed E-state index contributed by atoms with van der Waals surface area (Å²) in [7, 11) is 0. The third-order valence-electron chi connectivity index (χ3n) is 3.47. The van der Waals surface area contributed by atoms with Crippen molar-refractivity contribution in [3.05, 3.63) is 34.8 Å². The van der Waals surface area contributed by atoms with Crippen molar-refractivity contribution in [3.8, 4) is 0 Å². The predicted molar refractivity (Wildman–Crippen MR) is 59.4 cm³/mol. The van der Waals surface area contributed by atoms with Gasteiger partial charge in [0, 0.05) is 17.1 Å². The summed E-state index contributed by atoms with van der Waals surface area (Å²) in [6.07, 6.45) is 4.66. The number of aromatic amines is 1. The third kappa shape index (κ3) is 1.54. The van der Waals surface area contributed by atoms with Gasteiger partial charge in [0.25, 0.3) is 0 Å². The fourth-order valence-electron chi connectivity index (χ4n) is 2.65. The van der Waals surface area contributed by atoms with E-state index in [9.17, 15) is 13.2 Å². The van der Waals surface area contributed by atoms with Crippen LogP contribution in [0.4, 0.5) is 13.2 Å². The molecule has 0 spiro atoms. The van der Waals surface area contributed by atoms with E-state index in [0.29, 0.717) is 5.52 Å². The molecule has 1 heterocycles. The second-order valence-electron chi connectivity index (χ2n) is 4.55. The molecular weight excluding hydrogens is 227 g/mol. The molecule has 0 fully saturated rings. The second-order valence-corrected chi connectivity index (χ2v) is 4.55. The quantitative estimate of drug-likeness (QED) is 0.531. The van der Waals surface area contributed by atoms with Crippen LogP contribution in [0, 0.1) is 17.5 Å². The molecule has 0 radical (unpaired) electrons. The lowest BCUT2D eigenvalue weighted by atomic mass is 10.1. The molecule has 4 heteroatoms. The molecule has 90 valence electrons. The predicted octanol–water partition coefficient (Wildman–Crippen LogP) is 3.85. The number of rotatable bonds is 0. The van der Waals surface area contributed by atoms with E-state index >= 15 is 0 Å². The maximum absolute atomic E-state index is 13.8. The molecule has 0 aliphatic heterocycles. The van der Waals surface area contributed by atoms with E-state index in [1.165, 1.54) is 0 Å². The van der Waals surface area contributed by atoms with Crippen LogP contribution in [0.5, 0.6) is 0 Å². The fraction of sp³-hybridized carbons (Fsp3) is 0.385. The lowest BCUT2D eigenvalue weighted by molar-refractivity contribution is 0.453. The van der Waals surface area contributed by atoms with E-state index in [2.05, 4.69) is 4.98 Å². The van der Waals surface area contributed by atoms with Crippen LogP contribution in [0.1, 0.15) is 30.5 Å². The molecule has 0 saturated carbocycles. The van der Waals surface area contributed by atoms with Gasteiger partial charge < -0.3 is 4.98 Å². The van der Waals surface area contributed by atoms with Gasteiger partial charge in [0.15, 0.2) is 17.5 Å². The molecule has 1 aliphatic carbocycles. The highest BCUT2D eigenvalue weighted by molar-refractivity contribution is 5.85. The molecule has 0 unspecified atom stereocenters. The van der Waals surface area contributed by atoms with Crippen LogP contribution in [-0.4, -0.2) is 4.98 Å². The lowest BCUT2D eigenvalue weighted by Crippen LogP contribution is -1.93. The van der Waals surface area contributed by atoms with Gasteiger partial charge in [-0.2, -0.15) is 0 Å². The van der Waals surface area contributed by atoms with Gasteiger partial charge in [-0.05, 0) is 31.2 Å². The first-order chi connectivity index (χ1) is 8.18. The Morgan fingerprint density at radius 2 is 1.71 bits per heavy atom. The number of aromatic nitrogens is 1. The molecule has 0 bridgehead atoms. The molecule has 1 nitrogen and oxygen atoms in total. The van der Waals surface area contributed by atoms with Gasteiger partial charge >= 0.3 is 0 Å². The SMILES string of the molecule is Fc1cc2[nH]c3c(c2c(F)c1F)CCCCC3. The minimum absolute atomic E-state index is 0.237. The number of nitrogens with one attached hydrogen (secondary N) is 1. The highest BCUT2D eigenvalue weighted by Gasteiger charge is 2.21. The zero-order valence-corrected chi connectivity index (χ0v) is 9.25. The zero-order valence-electron chi connectivity index (χ0n) is 9.25. The van der Waals surface area contributed by atoms with Crippen LogP contribution in [-0.2, 0) is 12.8 Å². The van der Waals surface area contributed by atoms with Crippen molar-refractivity contribution in [1.29, 1.82) is 0 Å². The van der Waals surface area contributed by atoms with E-state index in [4.69, 9.17) is 0 Å².